The minimum Gasteiger partial charge on any atom is -0.487 e. The Morgan fingerprint density at radius 3 is 3.30 bits per heavy atom. The lowest BCUT2D eigenvalue weighted by molar-refractivity contribution is 0.102. The average molecular weight is 296 g/mol. The molecule has 1 aliphatic heterocycles. The fourth-order valence-corrected chi connectivity index (χ4v) is 2.29. The summed E-state index contributed by atoms with van der Waals surface area (Å²) in [7, 11) is 0. The molecule has 0 radical (unpaired) electrons. The third-order valence-corrected chi connectivity index (χ3v) is 3.38. The molecule has 0 bridgehead atoms. The second-order valence-electron chi connectivity index (χ2n) is 4.61. The number of halogens is 1. The molecule has 6 heteroatoms. The average Bonchev–Trinajstić information content (AvgIpc) is 2.47. The van der Waals surface area contributed by atoms with Crippen molar-refractivity contribution in [3.8, 4) is 5.75 Å². The highest BCUT2D eigenvalue weighted by atomic mass is 35.5. The summed E-state index contributed by atoms with van der Waals surface area (Å²) in [6.45, 7) is 5.35. The Morgan fingerprint density at radius 2 is 2.55 bits per heavy atom. The van der Waals surface area contributed by atoms with Crippen LogP contribution in [0.1, 0.15) is 12.8 Å². The predicted molar refractivity (Wildman–Crippen MR) is 78.1 cm³/mol. The molecular weight excluding hydrogens is 278 g/mol. The lowest BCUT2D eigenvalue weighted by atomic mass is 10.1. The topological polar surface area (TPSA) is 54.5 Å². The quantitative estimate of drug-likeness (QED) is 0.868. The highest BCUT2D eigenvalue weighted by Crippen LogP contribution is 2.25. The van der Waals surface area contributed by atoms with E-state index in [-0.39, 0.29) is 12.1 Å². The van der Waals surface area contributed by atoms with E-state index in [0.717, 1.165) is 19.4 Å². The van der Waals surface area contributed by atoms with Gasteiger partial charge >= 0.3 is 6.03 Å². The Kier molecular flexibility index (Phi) is 5.24. The molecular formula is C14H18ClN3O2. The molecule has 1 aliphatic rings. The van der Waals surface area contributed by atoms with E-state index in [1.54, 1.807) is 29.4 Å². The number of nitrogens with one attached hydrogen (secondary N) is 1. The number of rotatable bonds is 4. The SMILES string of the molecule is C=CCNC(=O)N1CCCC(Oc2ccncc2Cl)C1. The van der Waals surface area contributed by atoms with Gasteiger partial charge in [0.2, 0.25) is 0 Å². The Hall–Kier alpha value is -1.75. The zero-order valence-electron chi connectivity index (χ0n) is 11.2. The molecule has 0 aliphatic carbocycles. The van der Waals surface area contributed by atoms with Crippen molar-refractivity contribution >= 4 is 17.6 Å². The maximum Gasteiger partial charge on any atom is 0.317 e. The van der Waals surface area contributed by atoms with Crippen LogP contribution in [0, 0.1) is 0 Å². The van der Waals surface area contributed by atoms with Gasteiger partial charge in [0.1, 0.15) is 16.9 Å². The van der Waals surface area contributed by atoms with Gasteiger partial charge < -0.3 is 15.0 Å². The van der Waals surface area contributed by atoms with Crippen molar-refractivity contribution in [3.63, 3.8) is 0 Å². The third-order valence-electron chi connectivity index (χ3n) is 3.09. The van der Waals surface area contributed by atoms with Gasteiger partial charge in [0.25, 0.3) is 0 Å². The van der Waals surface area contributed by atoms with Gasteiger partial charge in [-0.05, 0) is 12.8 Å². The molecule has 1 saturated heterocycles. The molecule has 2 heterocycles. The summed E-state index contributed by atoms with van der Waals surface area (Å²) in [5.74, 6) is 0.611. The molecule has 20 heavy (non-hydrogen) atoms. The molecule has 2 rings (SSSR count). The number of piperidine rings is 1. The molecule has 5 nitrogen and oxygen atoms in total. The number of carbonyl (C=O) groups is 1. The highest BCUT2D eigenvalue weighted by Gasteiger charge is 2.25. The first-order valence-electron chi connectivity index (χ1n) is 6.60. The van der Waals surface area contributed by atoms with E-state index >= 15 is 0 Å². The van der Waals surface area contributed by atoms with Gasteiger partial charge in [0.15, 0.2) is 0 Å². The first kappa shape index (κ1) is 14.7. The largest absolute Gasteiger partial charge is 0.487 e. The Morgan fingerprint density at radius 1 is 1.70 bits per heavy atom. The fourth-order valence-electron chi connectivity index (χ4n) is 2.13. The second-order valence-corrected chi connectivity index (χ2v) is 5.02. The lowest BCUT2D eigenvalue weighted by Crippen LogP contribution is -2.48. The number of likely N-dealkylation sites (tertiary alicyclic amines) is 1. The minimum atomic E-state index is -0.0842. The molecule has 1 aromatic rings. The number of ether oxygens (including phenoxy) is 1. The number of urea groups is 1. The maximum absolute atomic E-state index is 11.9. The van der Waals surface area contributed by atoms with Crippen molar-refractivity contribution < 1.29 is 9.53 Å². The van der Waals surface area contributed by atoms with E-state index in [9.17, 15) is 4.79 Å². The molecule has 108 valence electrons. The van der Waals surface area contributed by atoms with Crippen LogP contribution in [0.25, 0.3) is 0 Å². The van der Waals surface area contributed by atoms with E-state index in [1.807, 2.05) is 0 Å². The van der Waals surface area contributed by atoms with Gasteiger partial charge in [-0.15, -0.1) is 6.58 Å². The fraction of sp³-hybridized carbons (Fsp3) is 0.429. The monoisotopic (exact) mass is 295 g/mol. The van der Waals surface area contributed by atoms with E-state index in [4.69, 9.17) is 16.3 Å². The minimum absolute atomic E-state index is 0.0434. The zero-order chi connectivity index (χ0) is 14.4. The summed E-state index contributed by atoms with van der Waals surface area (Å²) in [4.78, 5) is 17.6. The van der Waals surface area contributed by atoms with Crippen molar-refractivity contribution in [2.24, 2.45) is 0 Å². The Balaban J connectivity index is 1.92. The van der Waals surface area contributed by atoms with Crippen molar-refractivity contribution in [2.75, 3.05) is 19.6 Å². The molecule has 2 amide bonds. The molecule has 1 aromatic heterocycles. The van der Waals surface area contributed by atoms with Crippen molar-refractivity contribution in [2.45, 2.75) is 18.9 Å². The van der Waals surface area contributed by atoms with Gasteiger partial charge in [-0.25, -0.2) is 4.79 Å². The summed E-state index contributed by atoms with van der Waals surface area (Å²) in [5, 5.41) is 3.26. The zero-order valence-corrected chi connectivity index (χ0v) is 12.0. The third kappa shape index (κ3) is 3.87. The number of hydrogen-bond donors (Lipinski definition) is 1. The van der Waals surface area contributed by atoms with Crippen LogP contribution in [-0.4, -0.2) is 41.7 Å². The van der Waals surface area contributed by atoms with Crippen molar-refractivity contribution in [1.82, 2.24) is 15.2 Å². The lowest BCUT2D eigenvalue weighted by Gasteiger charge is -2.32. The van der Waals surface area contributed by atoms with Gasteiger partial charge in [-0.2, -0.15) is 0 Å². The van der Waals surface area contributed by atoms with Gasteiger partial charge in [0.05, 0.1) is 6.54 Å². The highest BCUT2D eigenvalue weighted by molar-refractivity contribution is 6.31. The van der Waals surface area contributed by atoms with Gasteiger partial charge in [0, 0.05) is 31.5 Å². The van der Waals surface area contributed by atoms with E-state index in [0.29, 0.717) is 23.9 Å². The predicted octanol–water partition coefficient (Wildman–Crippen LogP) is 2.47. The van der Waals surface area contributed by atoms with E-state index < -0.39 is 0 Å². The summed E-state index contributed by atoms with van der Waals surface area (Å²) < 4.78 is 5.86. The van der Waals surface area contributed by atoms with Crippen LogP contribution in [0.4, 0.5) is 4.79 Å². The Bertz CT molecular complexity index is 481. The summed E-state index contributed by atoms with van der Waals surface area (Å²) in [6.07, 6.45) is 6.62. The number of nitrogens with zero attached hydrogens (tertiary/aromatic N) is 2. The van der Waals surface area contributed by atoms with Crippen LogP contribution < -0.4 is 10.1 Å². The maximum atomic E-state index is 11.9. The van der Waals surface area contributed by atoms with Crippen molar-refractivity contribution in [1.29, 1.82) is 0 Å². The second kappa shape index (κ2) is 7.14. The van der Waals surface area contributed by atoms with Crippen LogP contribution in [0.15, 0.2) is 31.1 Å². The molecule has 1 fully saturated rings. The number of pyridine rings is 1. The summed E-state index contributed by atoms with van der Waals surface area (Å²) in [5.41, 5.74) is 0. The van der Waals surface area contributed by atoms with Crippen LogP contribution >= 0.6 is 11.6 Å². The molecule has 0 saturated carbocycles. The number of amides is 2. The molecule has 0 aromatic carbocycles. The number of hydrogen-bond acceptors (Lipinski definition) is 3. The summed E-state index contributed by atoms with van der Waals surface area (Å²) in [6, 6.07) is 1.65. The standard InChI is InChI=1S/C14H18ClN3O2/c1-2-6-17-14(19)18-8-3-4-11(10-18)20-13-5-7-16-9-12(13)15/h2,5,7,9,11H,1,3-4,6,8,10H2,(H,17,19). The van der Waals surface area contributed by atoms with Crippen LogP contribution in [0.3, 0.4) is 0 Å². The molecule has 1 atom stereocenters. The molecule has 1 N–H and O–H groups in total. The van der Waals surface area contributed by atoms with E-state index in [2.05, 4.69) is 16.9 Å². The van der Waals surface area contributed by atoms with Crippen LogP contribution in [-0.2, 0) is 0 Å². The van der Waals surface area contributed by atoms with Gasteiger partial charge in [-0.1, -0.05) is 17.7 Å². The van der Waals surface area contributed by atoms with E-state index in [1.165, 1.54) is 0 Å². The van der Waals surface area contributed by atoms with Crippen LogP contribution in [0.2, 0.25) is 5.02 Å². The van der Waals surface area contributed by atoms with Crippen LogP contribution in [0.5, 0.6) is 5.75 Å². The normalized spacial score (nSPS) is 18.4. The molecule has 1 unspecified atom stereocenters. The summed E-state index contributed by atoms with van der Waals surface area (Å²) >= 11 is 6.02. The Labute approximate surface area is 123 Å². The molecule has 0 spiro atoms. The number of carbonyl (C=O) groups excluding carboxylic acids is 1. The van der Waals surface area contributed by atoms with Crippen molar-refractivity contribution in [3.05, 3.63) is 36.1 Å². The first-order chi connectivity index (χ1) is 9.70. The van der Waals surface area contributed by atoms with Gasteiger partial charge in [-0.3, -0.25) is 4.98 Å². The smallest absolute Gasteiger partial charge is 0.317 e. The first-order valence-corrected chi connectivity index (χ1v) is 6.98. The number of aromatic nitrogens is 1.